The molecule has 0 bridgehead atoms. The quantitative estimate of drug-likeness (QED) is 0.780. The van der Waals surface area contributed by atoms with Gasteiger partial charge >= 0.3 is 6.03 Å². The number of benzene rings is 2. The zero-order valence-electron chi connectivity index (χ0n) is 16.7. The molecule has 0 aliphatic carbocycles. The molecule has 2 aromatic carbocycles. The third-order valence-corrected chi connectivity index (χ3v) is 4.95. The molecule has 1 aliphatic heterocycles. The Morgan fingerprint density at radius 2 is 1.86 bits per heavy atom. The fraction of sp³-hybridized carbons (Fsp3) is 0.391. The van der Waals surface area contributed by atoms with Crippen molar-refractivity contribution in [3.05, 3.63) is 65.7 Å². The number of rotatable bonds is 7. The van der Waals surface area contributed by atoms with E-state index in [9.17, 15) is 9.59 Å². The van der Waals surface area contributed by atoms with Gasteiger partial charge in [-0.15, -0.1) is 0 Å². The summed E-state index contributed by atoms with van der Waals surface area (Å²) in [6.07, 6.45) is 1.86. The second-order valence-corrected chi connectivity index (χ2v) is 7.68. The molecule has 0 aromatic heterocycles. The Morgan fingerprint density at radius 3 is 2.61 bits per heavy atom. The monoisotopic (exact) mass is 379 g/mol. The molecule has 1 fully saturated rings. The van der Waals surface area contributed by atoms with Crippen LogP contribution in [0, 0.1) is 5.92 Å². The zero-order valence-corrected chi connectivity index (χ0v) is 16.7. The van der Waals surface area contributed by atoms with E-state index in [1.54, 1.807) is 11.0 Å². The van der Waals surface area contributed by atoms with Gasteiger partial charge in [0.2, 0.25) is 0 Å². The van der Waals surface area contributed by atoms with Crippen LogP contribution < -0.4 is 10.2 Å². The van der Waals surface area contributed by atoms with E-state index in [1.165, 1.54) is 0 Å². The highest BCUT2D eigenvalue weighted by Gasteiger charge is 2.27. The first kappa shape index (κ1) is 19.9. The van der Waals surface area contributed by atoms with Gasteiger partial charge in [0, 0.05) is 37.4 Å². The highest BCUT2D eigenvalue weighted by atomic mass is 16.2. The van der Waals surface area contributed by atoms with Crippen molar-refractivity contribution in [1.82, 2.24) is 10.2 Å². The van der Waals surface area contributed by atoms with Crippen molar-refractivity contribution < 1.29 is 9.59 Å². The minimum atomic E-state index is -0.0897. The largest absolute Gasteiger partial charge is 0.352 e. The Labute approximate surface area is 167 Å². The molecule has 0 atom stereocenters. The van der Waals surface area contributed by atoms with E-state index in [0.717, 1.165) is 30.6 Å². The molecule has 1 aliphatic rings. The number of hydrogen-bond donors (Lipinski definition) is 1. The Morgan fingerprint density at radius 1 is 1.07 bits per heavy atom. The van der Waals surface area contributed by atoms with Crippen LogP contribution >= 0.6 is 0 Å². The van der Waals surface area contributed by atoms with Crippen LogP contribution in [0.1, 0.15) is 42.6 Å². The average molecular weight is 380 g/mol. The van der Waals surface area contributed by atoms with E-state index < -0.39 is 0 Å². The maximum Gasteiger partial charge on any atom is 0.324 e. The van der Waals surface area contributed by atoms with E-state index in [0.29, 0.717) is 31.1 Å². The molecule has 2 aromatic rings. The van der Waals surface area contributed by atoms with E-state index in [1.807, 2.05) is 53.4 Å². The third kappa shape index (κ3) is 5.12. The molecule has 3 rings (SSSR count). The van der Waals surface area contributed by atoms with Crippen molar-refractivity contribution in [3.8, 4) is 0 Å². The molecule has 1 saturated heterocycles. The summed E-state index contributed by atoms with van der Waals surface area (Å²) in [4.78, 5) is 29.1. The summed E-state index contributed by atoms with van der Waals surface area (Å²) in [5.74, 6) is 0.460. The number of nitrogens with zero attached hydrogens (tertiary/aromatic N) is 2. The van der Waals surface area contributed by atoms with E-state index in [2.05, 4.69) is 19.2 Å². The van der Waals surface area contributed by atoms with Gasteiger partial charge in [0.1, 0.15) is 0 Å². The van der Waals surface area contributed by atoms with Gasteiger partial charge < -0.3 is 10.2 Å². The van der Waals surface area contributed by atoms with Crippen molar-refractivity contribution in [2.24, 2.45) is 5.92 Å². The number of anilines is 1. The molecule has 1 heterocycles. The Bertz CT molecular complexity index is 805. The fourth-order valence-corrected chi connectivity index (χ4v) is 3.36. The van der Waals surface area contributed by atoms with Gasteiger partial charge in [-0.25, -0.2) is 4.79 Å². The van der Waals surface area contributed by atoms with Gasteiger partial charge in [-0.1, -0.05) is 50.2 Å². The van der Waals surface area contributed by atoms with Crippen LogP contribution in [0.3, 0.4) is 0 Å². The summed E-state index contributed by atoms with van der Waals surface area (Å²) in [6.45, 7) is 6.95. The minimum absolute atomic E-state index is 0.00697. The Kier molecular flexibility index (Phi) is 6.69. The molecule has 3 amide bonds. The molecular weight excluding hydrogens is 350 g/mol. The van der Waals surface area contributed by atoms with Crippen LogP contribution in [0.5, 0.6) is 0 Å². The molecule has 5 heteroatoms. The van der Waals surface area contributed by atoms with Crippen LogP contribution in [0.4, 0.5) is 10.5 Å². The predicted octanol–water partition coefficient (Wildman–Crippen LogP) is 4.29. The first-order valence-corrected chi connectivity index (χ1v) is 10.0. The Hall–Kier alpha value is -2.82. The number of carbonyl (C=O) groups is 2. The molecule has 148 valence electrons. The van der Waals surface area contributed by atoms with Gasteiger partial charge in [-0.3, -0.25) is 9.69 Å². The number of hydrogen-bond acceptors (Lipinski definition) is 2. The molecule has 28 heavy (non-hydrogen) atoms. The van der Waals surface area contributed by atoms with Crippen LogP contribution in [-0.2, 0) is 6.54 Å². The number of carbonyl (C=O) groups excluding carboxylic acids is 2. The lowest BCUT2D eigenvalue weighted by atomic mass is 10.1. The first-order valence-electron chi connectivity index (χ1n) is 10.0. The minimum Gasteiger partial charge on any atom is -0.352 e. The standard InChI is InChI=1S/C23H29N3O2/c1-18(2)12-13-24-22(27)20-10-6-11-21(16-20)26-15-7-14-25(23(26)28)17-19-8-4-3-5-9-19/h3-6,8-11,16,18H,7,12-15,17H2,1-2H3,(H,24,27). The van der Waals surface area contributed by atoms with Crippen molar-refractivity contribution in [2.45, 2.75) is 33.2 Å². The van der Waals surface area contributed by atoms with Crippen molar-refractivity contribution in [1.29, 1.82) is 0 Å². The van der Waals surface area contributed by atoms with Gasteiger partial charge in [0.25, 0.3) is 5.91 Å². The lowest BCUT2D eigenvalue weighted by Crippen LogP contribution is -2.49. The van der Waals surface area contributed by atoms with Crippen LogP contribution in [-0.4, -0.2) is 36.5 Å². The summed E-state index contributed by atoms with van der Waals surface area (Å²) < 4.78 is 0. The summed E-state index contributed by atoms with van der Waals surface area (Å²) in [5, 5.41) is 2.96. The molecule has 0 saturated carbocycles. The van der Waals surface area contributed by atoms with E-state index in [4.69, 9.17) is 0 Å². The van der Waals surface area contributed by atoms with Crippen molar-refractivity contribution in [2.75, 3.05) is 24.5 Å². The second kappa shape index (κ2) is 9.40. The van der Waals surface area contributed by atoms with Crippen LogP contribution in [0.25, 0.3) is 0 Å². The smallest absolute Gasteiger partial charge is 0.324 e. The van der Waals surface area contributed by atoms with E-state index in [-0.39, 0.29) is 11.9 Å². The van der Waals surface area contributed by atoms with Crippen LogP contribution in [0.15, 0.2) is 54.6 Å². The molecule has 1 N–H and O–H groups in total. The SMILES string of the molecule is CC(C)CCNC(=O)c1cccc(N2CCCN(Cc3ccccc3)C2=O)c1. The lowest BCUT2D eigenvalue weighted by Gasteiger charge is -2.35. The van der Waals surface area contributed by atoms with Gasteiger partial charge in [-0.2, -0.15) is 0 Å². The van der Waals surface area contributed by atoms with Gasteiger partial charge in [0.05, 0.1) is 0 Å². The topological polar surface area (TPSA) is 52.7 Å². The van der Waals surface area contributed by atoms with E-state index >= 15 is 0 Å². The third-order valence-electron chi connectivity index (χ3n) is 4.95. The average Bonchev–Trinajstić information content (AvgIpc) is 2.70. The first-order chi connectivity index (χ1) is 13.5. The summed E-state index contributed by atoms with van der Waals surface area (Å²) in [6, 6.07) is 17.4. The summed E-state index contributed by atoms with van der Waals surface area (Å²) in [7, 11) is 0. The van der Waals surface area contributed by atoms with Gasteiger partial charge in [0.15, 0.2) is 0 Å². The number of amides is 3. The van der Waals surface area contributed by atoms with Crippen LogP contribution in [0.2, 0.25) is 0 Å². The maximum atomic E-state index is 13.0. The number of urea groups is 1. The van der Waals surface area contributed by atoms with Gasteiger partial charge in [-0.05, 0) is 42.5 Å². The highest BCUT2D eigenvalue weighted by molar-refractivity contribution is 5.98. The fourth-order valence-electron chi connectivity index (χ4n) is 3.36. The lowest BCUT2D eigenvalue weighted by molar-refractivity contribution is 0.0952. The van der Waals surface area contributed by atoms with Crippen molar-refractivity contribution >= 4 is 17.6 Å². The maximum absolute atomic E-state index is 13.0. The van der Waals surface area contributed by atoms with Crippen molar-refractivity contribution in [3.63, 3.8) is 0 Å². The highest BCUT2D eigenvalue weighted by Crippen LogP contribution is 2.22. The second-order valence-electron chi connectivity index (χ2n) is 7.68. The predicted molar refractivity (Wildman–Crippen MR) is 112 cm³/mol. The molecular formula is C23H29N3O2. The molecule has 0 radical (unpaired) electrons. The Balaban J connectivity index is 1.68. The number of nitrogens with one attached hydrogen (secondary N) is 1. The zero-order chi connectivity index (χ0) is 19.9. The molecule has 0 unspecified atom stereocenters. The summed E-state index contributed by atoms with van der Waals surface area (Å²) in [5.41, 5.74) is 2.49. The normalized spacial score (nSPS) is 14.5. The summed E-state index contributed by atoms with van der Waals surface area (Å²) >= 11 is 0. The molecule has 5 nitrogen and oxygen atoms in total. The molecule has 0 spiro atoms.